The van der Waals surface area contributed by atoms with E-state index >= 15 is 0 Å². The van der Waals surface area contributed by atoms with Crippen LogP contribution in [-0.4, -0.2) is 72.8 Å². The standard InChI is InChI=1S/C18H23F2N5O3S/c1-14-2-5-25(22-14)17-13-15(12-16(21-17)23-8-10-28-11-9-23)29(26,27)24-6-3-18(19,20)4-7-24/h2,5,12-13H,3-4,6-11H2,1H3. The number of alkyl halides is 2. The van der Waals surface area contributed by atoms with Crippen LogP contribution in [0.5, 0.6) is 0 Å². The Bertz CT molecular complexity index is 979. The number of aromatic nitrogens is 3. The number of nitrogens with zero attached hydrogens (tertiary/aromatic N) is 5. The Balaban J connectivity index is 1.73. The number of halogens is 2. The quantitative estimate of drug-likeness (QED) is 0.741. The molecule has 29 heavy (non-hydrogen) atoms. The number of rotatable bonds is 4. The summed E-state index contributed by atoms with van der Waals surface area (Å²) in [5, 5.41) is 4.33. The Hall–Kier alpha value is -2.11. The van der Waals surface area contributed by atoms with E-state index in [4.69, 9.17) is 4.74 Å². The van der Waals surface area contributed by atoms with Gasteiger partial charge in [-0.1, -0.05) is 0 Å². The van der Waals surface area contributed by atoms with Crippen LogP contribution in [0.1, 0.15) is 18.5 Å². The Kier molecular flexibility index (Phi) is 5.30. The molecule has 2 aromatic heterocycles. The predicted octanol–water partition coefficient (Wildman–Crippen LogP) is 1.83. The van der Waals surface area contributed by atoms with Crippen LogP contribution in [0, 0.1) is 6.92 Å². The van der Waals surface area contributed by atoms with Crippen LogP contribution in [-0.2, 0) is 14.8 Å². The van der Waals surface area contributed by atoms with Crippen LogP contribution in [0.25, 0.3) is 5.82 Å². The van der Waals surface area contributed by atoms with Crippen molar-refractivity contribution < 1.29 is 21.9 Å². The van der Waals surface area contributed by atoms with Gasteiger partial charge in [0.25, 0.3) is 5.92 Å². The molecule has 0 atom stereocenters. The van der Waals surface area contributed by atoms with E-state index in [1.807, 2.05) is 11.8 Å². The summed E-state index contributed by atoms with van der Waals surface area (Å²) in [6.45, 7) is 3.63. The van der Waals surface area contributed by atoms with Gasteiger partial charge in [-0.05, 0) is 13.0 Å². The van der Waals surface area contributed by atoms with E-state index in [9.17, 15) is 17.2 Å². The lowest BCUT2D eigenvalue weighted by atomic mass is 10.1. The van der Waals surface area contributed by atoms with Gasteiger partial charge in [0.05, 0.1) is 23.8 Å². The van der Waals surface area contributed by atoms with E-state index in [0.717, 1.165) is 10.00 Å². The third-order valence-electron chi connectivity index (χ3n) is 5.16. The minimum absolute atomic E-state index is 0.0300. The zero-order chi connectivity index (χ0) is 20.6. The number of pyridine rings is 1. The second kappa shape index (κ2) is 7.62. The first kappa shape index (κ1) is 20.2. The highest BCUT2D eigenvalue weighted by Gasteiger charge is 2.39. The molecule has 158 valence electrons. The van der Waals surface area contributed by atoms with E-state index in [1.165, 1.54) is 16.8 Å². The van der Waals surface area contributed by atoms with Crippen LogP contribution < -0.4 is 4.90 Å². The van der Waals surface area contributed by atoms with Crippen LogP contribution in [0.15, 0.2) is 29.3 Å². The number of morpholine rings is 1. The van der Waals surface area contributed by atoms with Crippen LogP contribution in [0.2, 0.25) is 0 Å². The molecule has 0 spiro atoms. The zero-order valence-electron chi connectivity index (χ0n) is 16.1. The summed E-state index contributed by atoms with van der Waals surface area (Å²) >= 11 is 0. The van der Waals surface area contributed by atoms with Gasteiger partial charge in [0, 0.05) is 57.4 Å². The second-order valence-electron chi connectivity index (χ2n) is 7.28. The van der Waals surface area contributed by atoms with Gasteiger partial charge < -0.3 is 9.64 Å². The summed E-state index contributed by atoms with van der Waals surface area (Å²) in [7, 11) is -3.94. The molecule has 0 N–H and O–H groups in total. The first-order valence-electron chi connectivity index (χ1n) is 9.50. The molecule has 4 heterocycles. The molecular formula is C18H23F2N5O3S. The number of ether oxygens (including phenoxy) is 1. The molecule has 8 nitrogen and oxygen atoms in total. The largest absolute Gasteiger partial charge is 0.378 e. The number of anilines is 1. The molecule has 2 aliphatic rings. The fourth-order valence-electron chi connectivity index (χ4n) is 3.44. The van der Waals surface area contributed by atoms with E-state index in [1.54, 1.807) is 12.3 Å². The number of aryl methyl sites for hydroxylation is 1. The van der Waals surface area contributed by atoms with Crippen LogP contribution in [0.3, 0.4) is 0 Å². The third-order valence-corrected chi connectivity index (χ3v) is 7.03. The van der Waals surface area contributed by atoms with Gasteiger partial charge in [0.1, 0.15) is 5.82 Å². The van der Waals surface area contributed by atoms with Crippen molar-refractivity contribution in [2.45, 2.75) is 30.6 Å². The molecule has 2 aromatic rings. The lowest BCUT2D eigenvalue weighted by molar-refractivity contribution is -0.0412. The fourth-order valence-corrected chi connectivity index (χ4v) is 4.91. The topological polar surface area (TPSA) is 80.6 Å². The van der Waals surface area contributed by atoms with Gasteiger partial charge in [0.2, 0.25) is 10.0 Å². The Labute approximate surface area is 168 Å². The van der Waals surface area contributed by atoms with Crippen molar-refractivity contribution in [2.75, 3.05) is 44.3 Å². The molecule has 0 aliphatic carbocycles. The molecule has 2 aliphatic heterocycles. The monoisotopic (exact) mass is 427 g/mol. The molecule has 0 bridgehead atoms. The minimum atomic E-state index is -3.94. The molecule has 2 fully saturated rings. The van der Waals surface area contributed by atoms with Gasteiger partial charge in [-0.15, -0.1) is 0 Å². The predicted molar refractivity (Wildman–Crippen MR) is 102 cm³/mol. The second-order valence-corrected chi connectivity index (χ2v) is 9.22. The van der Waals surface area contributed by atoms with E-state index in [2.05, 4.69) is 10.1 Å². The van der Waals surface area contributed by atoms with E-state index < -0.39 is 28.8 Å². The van der Waals surface area contributed by atoms with Crippen molar-refractivity contribution in [3.8, 4) is 5.82 Å². The molecule has 0 radical (unpaired) electrons. The Morgan fingerprint density at radius 1 is 1.07 bits per heavy atom. The maximum absolute atomic E-state index is 13.5. The summed E-state index contributed by atoms with van der Waals surface area (Å²) in [6, 6.07) is 4.75. The first-order valence-corrected chi connectivity index (χ1v) is 10.9. The summed E-state index contributed by atoms with van der Waals surface area (Å²) in [5.74, 6) is -1.95. The highest BCUT2D eigenvalue weighted by atomic mass is 32.2. The van der Waals surface area contributed by atoms with Gasteiger partial charge >= 0.3 is 0 Å². The summed E-state index contributed by atoms with van der Waals surface area (Å²) < 4.78 is 61.4. The van der Waals surface area contributed by atoms with E-state index in [0.29, 0.717) is 37.9 Å². The third kappa shape index (κ3) is 4.26. The Morgan fingerprint density at radius 3 is 2.34 bits per heavy atom. The van der Waals surface area contributed by atoms with Crippen molar-refractivity contribution in [1.82, 2.24) is 19.1 Å². The van der Waals surface area contributed by atoms with Crippen molar-refractivity contribution in [2.24, 2.45) is 0 Å². The fraction of sp³-hybridized carbons (Fsp3) is 0.556. The summed E-state index contributed by atoms with van der Waals surface area (Å²) in [5.41, 5.74) is 0.770. The van der Waals surface area contributed by atoms with Crippen molar-refractivity contribution in [3.05, 3.63) is 30.1 Å². The molecule has 2 saturated heterocycles. The first-order chi connectivity index (χ1) is 13.7. The average Bonchev–Trinajstić information content (AvgIpc) is 3.14. The van der Waals surface area contributed by atoms with Crippen LogP contribution >= 0.6 is 0 Å². The number of piperidine rings is 1. The van der Waals surface area contributed by atoms with E-state index in [-0.39, 0.29) is 18.0 Å². The molecule has 11 heteroatoms. The molecule has 0 aromatic carbocycles. The summed E-state index contributed by atoms with van der Waals surface area (Å²) in [4.78, 5) is 6.57. The smallest absolute Gasteiger partial charge is 0.250 e. The molecule has 4 rings (SSSR count). The van der Waals surface area contributed by atoms with Gasteiger partial charge in [-0.25, -0.2) is 26.9 Å². The highest BCUT2D eigenvalue weighted by molar-refractivity contribution is 7.89. The molecule has 0 unspecified atom stereocenters. The zero-order valence-corrected chi connectivity index (χ0v) is 16.9. The number of hydrogen-bond donors (Lipinski definition) is 0. The summed E-state index contributed by atoms with van der Waals surface area (Å²) in [6.07, 6.45) is 0.760. The maximum Gasteiger partial charge on any atom is 0.250 e. The maximum atomic E-state index is 13.5. The average molecular weight is 427 g/mol. The van der Waals surface area contributed by atoms with Crippen molar-refractivity contribution >= 4 is 15.8 Å². The van der Waals surface area contributed by atoms with Gasteiger partial charge in [0.15, 0.2) is 5.82 Å². The Morgan fingerprint density at radius 2 is 1.72 bits per heavy atom. The lowest BCUT2D eigenvalue weighted by Gasteiger charge is -2.32. The molecular weight excluding hydrogens is 404 g/mol. The molecule has 0 saturated carbocycles. The lowest BCUT2D eigenvalue weighted by Crippen LogP contribution is -2.42. The minimum Gasteiger partial charge on any atom is -0.378 e. The van der Waals surface area contributed by atoms with Gasteiger partial charge in [-0.2, -0.15) is 9.40 Å². The number of sulfonamides is 1. The molecule has 0 amide bonds. The number of hydrogen-bond acceptors (Lipinski definition) is 6. The highest BCUT2D eigenvalue weighted by Crippen LogP contribution is 2.32. The normalized spacial score (nSPS) is 20.7. The SMILES string of the molecule is Cc1ccn(-c2cc(S(=O)(=O)N3CCC(F)(F)CC3)cc(N3CCOCC3)n2)n1. The van der Waals surface area contributed by atoms with Crippen LogP contribution in [0.4, 0.5) is 14.6 Å². The van der Waals surface area contributed by atoms with Gasteiger partial charge in [-0.3, -0.25) is 0 Å². The van der Waals surface area contributed by atoms with Crippen molar-refractivity contribution in [1.29, 1.82) is 0 Å². The van der Waals surface area contributed by atoms with Crippen molar-refractivity contribution in [3.63, 3.8) is 0 Å².